The minimum atomic E-state index is -0.719. The van der Waals surface area contributed by atoms with Crippen LogP contribution in [0.5, 0.6) is 0 Å². The molecule has 0 aliphatic carbocycles. The molecule has 0 spiro atoms. The van der Waals surface area contributed by atoms with E-state index in [0.29, 0.717) is 25.9 Å². The summed E-state index contributed by atoms with van der Waals surface area (Å²) in [5.41, 5.74) is 2.13. The third kappa shape index (κ3) is 3.12. The number of carboxylic acids is 1. The van der Waals surface area contributed by atoms with Crippen molar-refractivity contribution < 1.29 is 9.90 Å². The molecule has 0 radical (unpaired) electrons. The largest absolute Gasteiger partial charge is 0.481 e. The molecule has 1 atom stereocenters. The molecule has 1 fully saturated rings. The minimum absolute atomic E-state index is 0.256. The Morgan fingerprint density at radius 1 is 1.47 bits per heavy atom. The molecule has 0 amide bonds. The number of carbonyl (C=O) groups is 1. The van der Waals surface area contributed by atoms with Crippen molar-refractivity contribution in [2.75, 3.05) is 13.1 Å². The second kappa shape index (κ2) is 5.85. The van der Waals surface area contributed by atoms with Crippen molar-refractivity contribution in [1.82, 2.24) is 4.90 Å². The summed E-state index contributed by atoms with van der Waals surface area (Å²) < 4.78 is 0. The highest BCUT2D eigenvalue weighted by Crippen LogP contribution is 2.27. The van der Waals surface area contributed by atoms with Gasteiger partial charge in [-0.05, 0) is 25.3 Å². The Bertz CT molecular complexity index is 499. The van der Waals surface area contributed by atoms with Crippen LogP contribution in [-0.2, 0) is 4.79 Å². The van der Waals surface area contributed by atoms with Gasteiger partial charge in [0.25, 0.3) is 0 Å². The van der Waals surface area contributed by atoms with Gasteiger partial charge in [-0.3, -0.25) is 9.69 Å². The fourth-order valence-corrected chi connectivity index (χ4v) is 2.61. The van der Waals surface area contributed by atoms with Crippen molar-refractivity contribution in [3.05, 3.63) is 35.4 Å². The van der Waals surface area contributed by atoms with Crippen LogP contribution in [0.2, 0.25) is 0 Å². The Hall–Kier alpha value is -1.86. The lowest BCUT2D eigenvalue weighted by molar-refractivity contribution is -0.143. The fourth-order valence-electron chi connectivity index (χ4n) is 2.61. The van der Waals surface area contributed by atoms with Gasteiger partial charge in [0.05, 0.1) is 12.0 Å². The summed E-state index contributed by atoms with van der Waals surface area (Å²) in [5.74, 6) is -0.975. The van der Waals surface area contributed by atoms with E-state index in [1.807, 2.05) is 31.2 Å². The average molecular weight is 258 g/mol. The Labute approximate surface area is 113 Å². The number of piperidine rings is 1. The molecule has 2 rings (SSSR count). The molecular formula is C15H18N2O2. The summed E-state index contributed by atoms with van der Waals surface area (Å²) in [5, 5.41) is 18.4. The molecule has 1 aromatic carbocycles. The van der Waals surface area contributed by atoms with Gasteiger partial charge in [0.1, 0.15) is 6.04 Å². The van der Waals surface area contributed by atoms with Gasteiger partial charge in [0.2, 0.25) is 0 Å². The van der Waals surface area contributed by atoms with Crippen LogP contribution < -0.4 is 0 Å². The van der Waals surface area contributed by atoms with Crippen molar-refractivity contribution in [3.8, 4) is 6.07 Å². The first-order valence-electron chi connectivity index (χ1n) is 6.55. The maximum absolute atomic E-state index is 10.9. The highest BCUT2D eigenvalue weighted by molar-refractivity contribution is 5.70. The second-order valence-corrected chi connectivity index (χ2v) is 5.09. The first-order chi connectivity index (χ1) is 9.11. The van der Waals surface area contributed by atoms with Crippen LogP contribution in [0.25, 0.3) is 0 Å². The average Bonchev–Trinajstić information content (AvgIpc) is 2.40. The number of nitriles is 1. The van der Waals surface area contributed by atoms with E-state index in [1.165, 1.54) is 0 Å². The van der Waals surface area contributed by atoms with Gasteiger partial charge in [-0.2, -0.15) is 5.26 Å². The highest BCUT2D eigenvalue weighted by Gasteiger charge is 2.29. The van der Waals surface area contributed by atoms with E-state index in [0.717, 1.165) is 11.1 Å². The molecule has 0 saturated carbocycles. The maximum Gasteiger partial charge on any atom is 0.306 e. The topological polar surface area (TPSA) is 64.3 Å². The number of nitrogens with zero attached hydrogens (tertiary/aromatic N) is 2. The normalized spacial score (nSPS) is 18.7. The number of hydrogen-bond donors (Lipinski definition) is 1. The summed E-state index contributed by atoms with van der Waals surface area (Å²) >= 11 is 0. The molecule has 19 heavy (non-hydrogen) atoms. The van der Waals surface area contributed by atoms with E-state index in [1.54, 1.807) is 0 Å². The number of carboxylic acid groups (broad SMARTS) is 1. The molecule has 1 unspecified atom stereocenters. The molecule has 4 heteroatoms. The summed E-state index contributed by atoms with van der Waals surface area (Å²) in [6, 6.07) is 10.0. The quantitative estimate of drug-likeness (QED) is 0.904. The van der Waals surface area contributed by atoms with Gasteiger partial charge in [0, 0.05) is 13.1 Å². The molecular weight excluding hydrogens is 240 g/mol. The molecule has 1 aliphatic heterocycles. The summed E-state index contributed by atoms with van der Waals surface area (Å²) in [6.07, 6.45) is 1.25. The monoisotopic (exact) mass is 258 g/mol. The Morgan fingerprint density at radius 3 is 2.68 bits per heavy atom. The number of aryl methyl sites for hydroxylation is 1. The summed E-state index contributed by atoms with van der Waals surface area (Å²) in [6.45, 7) is 3.35. The smallest absolute Gasteiger partial charge is 0.306 e. The number of likely N-dealkylation sites (tertiary alicyclic amines) is 1. The van der Waals surface area contributed by atoms with Crippen LogP contribution in [0.3, 0.4) is 0 Å². The first-order valence-corrected chi connectivity index (χ1v) is 6.55. The number of rotatable bonds is 3. The van der Waals surface area contributed by atoms with Crippen molar-refractivity contribution in [2.45, 2.75) is 25.8 Å². The molecule has 1 heterocycles. The van der Waals surface area contributed by atoms with Crippen LogP contribution in [0.15, 0.2) is 24.3 Å². The van der Waals surface area contributed by atoms with E-state index in [2.05, 4.69) is 11.0 Å². The fraction of sp³-hybridized carbons (Fsp3) is 0.467. The standard InChI is InChI=1S/C15H18N2O2/c1-11-3-2-4-13(9-11)14(10-16)17-7-5-12(6-8-17)15(18)19/h2-4,9,12,14H,5-8H2,1H3,(H,18,19). The SMILES string of the molecule is Cc1cccc(C(C#N)N2CCC(C(=O)O)CC2)c1. The number of hydrogen-bond acceptors (Lipinski definition) is 3. The lowest BCUT2D eigenvalue weighted by Gasteiger charge is -2.33. The maximum atomic E-state index is 10.9. The van der Waals surface area contributed by atoms with E-state index < -0.39 is 5.97 Å². The Morgan fingerprint density at radius 2 is 2.16 bits per heavy atom. The second-order valence-electron chi connectivity index (χ2n) is 5.09. The Kier molecular flexibility index (Phi) is 4.18. The van der Waals surface area contributed by atoms with E-state index in [-0.39, 0.29) is 12.0 Å². The van der Waals surface area contributed by atoms with Crippen molar-refractivity contribution in [1.29, 1.82) is 5.26 Å². The van der Waals surface area contributed by atoms with E-state index in [4.69, 9.17) is 5.11 Å². The van der Waals surface area contributed by atoms with Gasteiger partial charge in [-0.25, -0.2) is 0 Å². The zero-order valence-electron chi connectivity index (χ0n) is 11.0. The molecule has 0 bridgehead atoms. The molecule has 0 aromatic heterocycles. The first kappa shape index (κ1) is 13.6. The molecule has 1 aliphatic rings. The highest BCUT2D eigenvalue weighted by atomic mass is 16.4. The molecule has 1 N–H and O–H groups in total. The van der Waals surface area contributed by atoms with Gasteiger partial charge in [-0.1, -0.05) is 29.8 Å². The van der Waals surface area contributed by atoms with Crippen LogP contribution >= 0.6 is 0 Å². The Balaban J connectivity index is 2.08. The summed E-state index contributed by atoms with van der Waals surface area (Å²) in [4.78, 5) is 13.0. The van der Waals surface area contributed by atoms with Crippen molar-refractivity contribution in [2.24, 2.45) is 5.92 Å². The number of aliphatic carboxylic acids is 1. The van der Waals surface area contributed by atoms with Gasteiger partial charge in [0.15, 0.2) is 0 Å². The lowest BCUT2D eigenvalue weighted by atomic mass is 9.94. The van der Waals surface area contributed by atoms with Gasteiger partial charge in [-0.15, -0.1) is 0 Å². The van der Waals surface area contributed by atoms with E-state index >= 15 is 0 Å². The molecule has 4 nitrogen and oxygen atoms in total. The van der Waals surface area contributed by atoms with E-state index in [9.17, 15) is 10.1 Å². The molecule has 1 aromatic rings. The van der Waals surface area contributed by atoms with Crippen LogP contribution in [0, 0.1) is 24.2 Å². The number of benzene rings is 1. The lowest BCUT2D eigenvalue weighted by Crippen LogP contribution is -2.38. The minimum Gasteiger partial charge on any atom is -0.481 e. The van der Waals surface area contributed by atoms with Gasteiger partial charge < -0.3 is 5.11 Å². The third-order valence-electron chi connectivity index (χ3n) is 3.72. The zero-order valence-corrected chi connectivity index (χ0v) is 11.0. The predicted octanol–water partition coefficient (Wildman–Crippen LogP) is 2.36. The predicted molar refractivity (Wildman–Crippen MR) is 71.5 cm³/mol. The molecule has 100 valence electrons. The van der Waals surface area contributed by atoms with Crippen LogP contribution in [0.1, 0.15) is 30.0 Å². The zero-order chi connectivity index (χ0) is 13.8. The van der Waals surface area contributed by atoms with Gasteiger partial charge >= 0.3 is 5.97 Å². The van der Waals surface area contributed by atoms with Crippen molar-refractivity contribution in [3.63, 3.8) is 0 Å². The van der Waals surface area contributed by atoms with Crippen LogP contribution in [-0.4, -0.2) is 29.1 Å². The van der Waals surface area contributed by atoms with Crippen LogP contribution in [0.4, 0.5) is 0 Å². The summed E-state index contributed by atoms with van der Waals surface area (Å²) in [7, 11) is 0. The third-order valence-corrected chi connectivity index (χ3v) is 3.72. The molecule has 1 saturated heterocycles. The van der Waals surface area contributed by atoms with Crippen molar-refractivity contribution >= 4 is 5.97 Å².